The summed E-state index contributed by atoms with van der Waals surface area (Å²) in [5, 5.41) is 25.1. The highest BCUT2D eigenvalue weighted by atomic mass is 16.5. The van der Waals surface area contributed by atoms with Crippen molar-refractivity contribution in [3.05, 3.63) is 78.0 Å². The fourth-order valence-corrected chi connectivity index (χ4v) is 4.70. The smallest absolute Gasteiger partial charge is 0.252 e. The highest BCUT2D eigenvalue weighted by Gasteiger charge is 2.21. The summed E-state index contributed by atoms with van der Waals surface area (Å²) < 4.78 is 16.0. The molecule has 5 rings (SSSR count). The molecule has 0 saturated carbocycles. The number of phenolic OH excluding ortho intramolecular Hbond substituents is 1. The van der Waals surface area contributed by atoms with Crippen LogP contribution in [0.5, 0.6) is 23.0 Å². The van der Waals surface area contributed by atoms with Crippen molar-refractivity contribution in [1.82, 2.24) is 15.3 Å². The van der Waals surface area contributed by atoms with Crippen LogP contribution in [0.4, 0.5) is 0 Å². The van der Waals surface area contributed by atoms with Gasteiger partial charge in [-0.3, -0.25) is 4.79 Å². The van der Waals surface area contributed by atoms with Gasteiger partial charge in [0.1, 0.15) is 5.75 Å². The van der Waals surface area contributed by atoms with E-state index in [0.717, 1.165) is 16.5 Å². The minimum absolute atomic E-state index is 0.129. The Morgan fingerprint density at radius 1 is 0.974 bits per heavy atom. The number of aromatic amines is 1. The summed E-state index contributed by atoms with van der Waals surface area (Å²) in [7, 11) is 4.45. The number of hydrogen-bond acceptors (Lipinski definition) is 7. The highest BCUT2D eigenvalue weighted by Crippen LogP contribution is 2.40. The molecule has 0 bridgehead atoms. The third-order valence-corrected chi connectivity index (χ3v) is 6.73. The molecule has 5 aromatic rings. The molecular formula is C30H29N3O6. The lowest BCUT2D eigenvalue weighted by Gasteiger charge is -2.18. The number of benzene rings is 3. The van der Waals surface area contributed by atoms with Crippen LogP contribution in [-0.4, -0.2) is 60.1 Å². The standard InChI is InChI=1S/C30H29N3O6/c1-37-20-8-9-25-22(13-20)23(14-26(33-25)17-11-27(38-2)29(35)28(12-17)39-3)30(36)32-19(16-34)10-18-15-31-24-7-5-4-6-21(18)24/h4-9,11-15,19,31,34-35H,10,16H2,1-3H3,(H,32,36)/t19-/m1/s1. The molecule has 200 valence electrons. The second kappa shape index (κ2) is 10.9. The van der Waals surface area contributed by atoms with Gasteiger partial charge in [-0.1, -0.05) is 18.2 Å². The third-order valence-electron chi connectivity index (χ3n) is 6.73. The first-order chi connectivity index (χ1) is 18.9. The Labute approximate surface area is 225 Å². The van der Waals surface area contributed by atoms with E-state index in [2.05, 4.69) is 10.3 Å². The van der Waals surface area contributed by atoms with Gasteiger partial charge in [-0.05, 0) is 54.4 Å². The molecule has 0 aliphatic rings. The summed E-state index contributed by atoms with van der Waals surface area (Å²) in [6, 6.07) is 17.6. The van der Waals surface area contributed by atoms with Gasteiger partial charge >= 0.3 is 0 Å². The van der Waals surface area contributed by atoms with E-state index in [1.807, 2.05) is 30.5 Å². The minimum atomic E-state index is -0.525. The van der Waals surface area contributed by atoms with Crippen molar-refractivity contribution in [2.45, 2.75) is 12.5 Å². The predicted molar refractivity (Wildman–Crippen MR) is 149 cm³/mol. The molecular weight excluding hydrogens is 498 g/mol. The maximum absolute atomic E-state index is 13.7. The van der Waals surface area contributed by atoms with Gasteiger partial charge in [-0.25, -0.2) is 4.98 Å². The molecule has 0 saturated heterocycles. The topological polar surface area (TPSA) is 126 Å². The van der Waals surface area contributed by atoms with Crippen LogP contribution < -0.4 is 19.5 Å². The number of pyridine rings is 1. The number of nitrogens with zero attached hydrogens (tertiary/aromatic N) is 1. The molecule has 0 aliphatic carbocycles. The number of carbonyl (C=O) groups is 1. The molecule has 0 radical (unpaired) electrons. The predicted octanol–water partition coefficient (Wildman–Crippen LogP) is 4.45. The molecule has 0 unspecified atom stereocenters. The number of methoxy groups -OCH3 is 3. The Balaban J connectivity index is 1.55. The zero-order chi connectivity index (χ0) is 27.5. The summed E-state index contributed by atoms with van der Waals surface area (Å²) in [6.45, 7) is -0.239. The van der Waals surface area contributed by atoms with Crippen molar-refractivity contribution in [3.63, 3.8) is 0 Å². The molecule has 39 heavy (non-hydrogen) atoms. The normalized spacial score (nSPS) is 11.9. The maximum Gasteiger partial charge on any atom is 0.252 e. The SMILES string of the molecule is COc1ccc2nc(-c3cc(OC)c(O)c(OC)c3)cc(C(=O)N[C@@H](CO)Cc3c[nH]c4ccccc34)c2c1. The molecule has 0 aliphatic heterocycles. The number of aromatic hydroxyl groups is 1. The van der Waals surface area contributed by atoms with Crippen molar-refractivity contribution in [2.75, 3.05) is 27.9 Å². The highest BCUT2D eigenvalue weighted by molar-refractivity contribution is 6.07. The Morgan fingerprint density at radius 2 is 1.72 bits per heavy atom. The lowest BCUT2D eigenvalue weighted by Crippen LogP contribution is -2.39. The Kier molecular flexibility index (Phi) is 7.25. The first-order valence-corrected chi connectivity index (χ1v) is 12.4. The largest absolute Gasteiger partial charge is 0.502 e. The van der Waals surface area contributed by atoms with Crippen LogP contribution in [0, 0.1) is 0 Å². The number of nitrogens with one attached hydrogen (secondary N) is 2. The van der Waals surface area contributed by atoms with Gasteiger partial charge in [0.05, 0.1) is 50.8 Å². The van der Waals surface area contributed by atoms with E-state index in [9.17, 15) is 15.0 Å². The average molecular weight is 528 g/mol. The molecule has 1 atom stereocenters. The number of aliphatic hydroxyl groups excluding tert-OH is 1. The van der Waals surface area contributed by atoms with Gasteiger partial charge in [0.2, 0.25) is 5.75 Å². The number of fused-ring (bicyclic) bond motifs is 2. The van der Waals surface area contributed by atoms with E-state index in [1.165, 1.54) is 14.2 Å². The lowest BCUT2D eigenvalue weighted by atomic mass is 10.0. The molecule has 4 N–H and O–H groups in total. The first-order valence-electron chi connectivity index (χ1n) is 12.4. The van der Waals surface area contributed by atoms with Crippen molar-refractivity contribution in [1.29, 1.82) is 0 Å². The second-order valence-electron chi connectivity index (χ2n) is 9.08. The van der Waals surface area contributed by atoms with E-state index in [-0.39, 0.29) is 29.8 Å². The number of ether oxygens (including phenoxy) is 3. The van der Waals surface area contributed by atoms with Crippen LogP contribution in [0.1, 0.15) is 15.9 Å². The zero-order valence-electron chi connectivity index (χ0n) is 21.8. The average Bonchev–Trinajstić information content (AvgIpc) is 3.38. The Hall–Kier alpha value is -4.76. The molecule has 9 heteroatoms. The number of H-pyrrole nitrogens is 1. The summed E-state index contributed by atoms with van der Waals surface area (Å²) in [5.41, 5.74) is 3.98. The van der Waals surface area contributed by atoms with Gasteiger partial charge < -0.3 is 34.7 Å². The van der Waals surface area contributed by atoms with Crippen molar-refractivity contribution < 1.29 is 29.2 Å². The maximum atomic E-state index is 13.7. The second-order valence-corrected chi connectivity index (χ2v) is 9.08. The number of hydrogen-bond donors (Lipinski definition) is 4. The molecule has 0 spiro atoms. The molecule has 3 aromatic carbocycles. The summed E-state index contributed by atoms with van der Waals surface area (Å²) in [6.07, 6.45) is 2.34. The Bertz CT molecular complexity index is 1640. The number of aromatic nitrogens is 2. The van der Waals surface area contributed by atoms with Crippen molar-refractivity contribution in [3.8, 4) is 34.3 Å². The van der Waals surface area contributed by atoms with Crippen LogP contribution in [0.25, 0.3) is 33.1 Å². The van der Waals surface area contributed by atoms with Gasteiger partial charge in [-0.15, -0.1) is 0 Å². The Morgan fingerprint density at radius 3 is 2.41 bits per heavy atom. The van der Waals surface area contributed by atoms with E-state index in [1.54, 1.807) is 43.5 Å². The summed E-state index contributed by atoms with van der Waals surface area (Å²) in [5.74, 6) is 0.512. The van der Waals surface area contributed by atoms with Crippen LogP contribution in [-0.2, 0) is 6.42 Å². The van der Waals surface area contributed by atoms with Gasteiger partial charge in [-0.2, -0.15) is 0 Å². The summed E-state index contributed by atoms with van der Waals surface area (Å²) in [4.78, 5) is 21.7. The van der Waals surface area contributed by atoms with Gasteiger partial charge in [0.15, 0.2) is 11.5 Å². The fraction of sp³-hybridized carbons (Fsp3) is 0.200. The first kappa shape index (κ1) is 25.9. The number of phenols is 1. The number of para-hydroxylation sites is 1. The van der Waals surface area contributed by atoms with Crippen molar-refractivity contribution >= 4 is 27.7 Å². The molecule has 0 fully saturated rings. The lowest BCUT2D eigenvalue weighted by molar-refractivity contribution is 0.0918. The third kappa shape index (κ3) is 5.04. The molecule has 9 nitrogen and oxygen atoms in total. The van der Waals surface area contributed by atoms with Crippen molar-refractivity contribution in [2.24, 2.45) is 0 Å². The van der Waals surface area contributed by atoms with Crippen LogP contribution in [0.2, 0.25) is 0 Å². The number of rotatable bonds is 9. The van der Waals surface area contributed by atoms with Crippen LogP contribution in [0.3, 0.4) is 0 Å². The molecule has 1 amide bonds. The van der Waals surface area contributed by atoms with E-state index >= 15 is 0 Å². The van der Waals surface area contributed by atoms with E-state index in [4.69, 9.17) is 19.2 Å². The number of carbonyl (C=O) groups excluding carboxylic acids is 1. The number of aliphatic hydroxyl groups is 1. The molecule has 2 aromatic heterocycles. The monoisotopic (exact) mass is 527 g/mol. The van der Waals surface area contributed by atoms with E-state index in [0.29, 0.717) is 39.9 Å². The van der Waals surface area contributed by atoms with Crippen LogP contribution in [0.15, 0.2) is 66.9 Å². The van der Waals surface area contributed by atoms with Crippen LogP contribution >= 0.6 is 0 Å². The van der Waals surface area contributed by atoms with Gasteiger partial charge in [0.25, 0.3) is 5.91 Å². The zero-order valence-corrected chi connectivity index (χ0v) is 21.8. The van der Waals surface area contributed by atoms with E-state index < -0.39 is 6.04 Å². The number of amides is 1. The quantitative estimate of drug-likeness (QED) is 0.223. The molecule has 2 heterocycles. The summed E-state index contributed by atoms with van der Waals surface area (Å²) >= 11 is 0. The minimum Gasteiger partial charge on any atom is -0.502 e. The van der Waals surface area contributed by atoms with Gasteiger partial charge in [0, 0.05) is 28.0 Å². The fourth-order valence-electron chi connectivity index (χ4n) is 4.70.